The van der Waals surface area contributed by atoms with Gasteiger partial charge in [-0.2, -0.15) is 0 Å². The zero-order valence-corrected chi connectivity index (χ0v) is 18.5. The lowest BCUT2D eigenvalue weighted by atomic mass is 10.0. The summed E-state index contributed by atoms with van der Waals surface area (Å²) >= 11 is 0. The molecule has 0 atom stereocenters. The number of nitrogens with one attached hydrogen (secondary N) is 2. The molecule has 0 spiro atoms. The van der Waals surface area contributed by atoms with Gasteiger partial charge >= 0.3 is 0 Å². The van der Waals surface area contributed by atoms with E-state index in [-0.39, 0.29) is 29.4 Å². The van der Waals surface area contributed by atoms with E-state index >= 15 is 0 Å². The summed E-state index contributed by atoms with van der Waals surface area (Å²) < 4.78 is 39.0. The van der Waals surface area contributed by atoms with Gasteiger partial charge in [-0.25, -0.2) is 18.7 Å². The number of halogens is 2. The molecule has 0 aliphatic heterocycles. The maximum Gasteiger partial charge on any atom is 0.247 e. The third kappa shape index (κ3) is 5.43. The van der Waals surface area contributed by atoms with E-state index in [1.807, 2.05) is 19.1 Å². The largest absolute Gasteiger partial charge is 0.494 e. The minimum absolute atomic E-state index is 0.0664. The first-order valence-corrected chi connectivity index (χ1v) is 10.1. The molecule has 1 amide bonds. The van der Waals surface area contributed by atoms with Crippen LogP contribution >= 0.6 is 0 Å². The van der Waals surface area contributed by atoms with Gasteiger partial charge in [-0.05, 0) is 43.0 Å². The Morgan fingerprint density at radius 1 is 1.09 bits per heavy atom. The van der Waals surface area contributed by atoms with Gasteiger partial charge in [-0.1, -0.05) is 18.7 Å². The molecule has 0 radical (unpaired) electrons. The number of hydrogen-bond donors (Lipinski definition) is 2. The first kappa shape index (κ1) is 23.6. The Hall–Kier alpha value is -4.01. The summed E-state index contributed by atoms with van der Waals surface area (Å²) in [5, 5.41) is 5.83. The van der Waals surface area contributed by atoms with Gasteiger partial charge in [0.25, 0.3) is 0 Å². The lowest BCUT2D eigenvalue weighted by molar-refractivity contribution is -0.111. The third-order valence-corrected chi connectivity index (χ3v) is 4.99. The Labute approximate surface area is 190 Å². The van der Waals surface area contributed by atoms with E-state index in [0.29, 0.717) is 29.3 Å². The number of ether oxygens (including phenoxy) is 2. The molecule has 9 heteroatoms. The quantitative estimate of drug-likeness (QED) is 0.455. The van der Waals surface area contributed by atoms with E-state index in [2.05, 4.69) is 27.2 Å². The van der Waals surface area contributed by atoms with Gasteiger partial charge in [0.2, 0.25) is 11.9 Å². The average Bonchev–Trinajstić information content (AvgIpc) is 2.82. The molecule has 2 aromatic carbocycles. The Kier molecular flexibility index (Phi) is 7.55. The molecular weight excluding hydrogens is 430 g/mol. The molecule has 2 N–H and O–H groups in total. The summed E-state index contributed by atoms with van der Waals surface area (Å²) in [6.07, 6.45) is 4.69. The lowest BCUT2D eigenvalue weighted by Gasteiger charge is -2.14. The van der Waals surface area contributed by atoms with Crippen molar-refractivity contribution >= 4 is 23.2 Å². The van der Waals surface area contributed by atoms with Crippen molar-refractivity contribution in [2.45, 2.75) is 19.8 Å². The molecule has 33 heavy (non-hydrogen) atoms. The van der Waals surface area contributed by atoms with Crippen molar-refractivity contribution in [1.29, 1.82) is 0 Å². The molecule has 172 valence electrons. The minimum Gasteiger partial charge on any atom is -0.494 e. The van der Waals surface area contributed by atoms with Crippen LogP contribution in [0.25, 0.3) is 0 Å². The topological polar surface area (TPSA) is 85.4 Å². The van der Waals surface area contributed by atoms with Crippen molar-refractivity contribution in [3.8, 4) is 11.5 Å². The van der Waals surface area contributed by atoms with Gasteiger partial charge < -0.3 is 20.1 Å². The molecule has 7 nitrogen and oxygen atoms in total. The van der Waals surface area contributed by atoms with Crippen LogP contribution in [0.2, 0.25) is 0 Å². The highest BCUT2D eigenvalue weighted by Crippen LogP contribution is 2.32. The number of methoxy groups -OCH3 is 2. The van der Waals surface area contributed by atoms with Gasteiger partial charge in [-0.15, -0.1) is 0 Å². The SMILES string of the molecule is C=CC(=O)Nc1cccc(C)c1Nc1ncc(CCc2c(F)c(OC)cc(OC)c2F)cn1. The van der Waals surface area contributed by atoms with Crippen LogP contribution in [0.15, 0.2) is 49.3 Å². The van der Waals surface area contributed by atoms with E-state index < -0.39 is 11.6 Å². The highest BCUT2D eigenvalue weighted by atomic mass is 19.1. The van der Waals surface area contributed by atoms with Crippen LogP contribution in [0.1, 0.15) is 16.7 Å². The summed E-state index contributed by atoms with van der Waals surface area (Å²) in [6, 6.07) is 6.62. The second kappa shape index (κ2) is 10.5. The van der Waals surface area contributed by atoms with Gasteiger partial charge in [0.1, 0.15) is 0 Å². The fraction of sp³-hybridized carbons (Fsp3) is 0.208. The van der Waals surface area contributed by atoms with E-state index in [9.17, 15) is 13.6 Å². The number of amides is 1. The van der Waals surface area contributed by atoms with Crippen LogP contribution in [-0.2, 0) is 17.6 Å². The molecule has 0 unspecified atom stereocenters. The highest BCUT2D eigenvalue weighted by Gasteiger charge is 2.20. The fourth-order valence-corrected chi connectivity index (χ4v) is 3.21. The molecule has 1 aromatic heterocycles. The van der Waals surface area contributed by atoms with Crippen LogP contribution in [0.5, 0.6) is 11.5 Å². The van der Waals surface area contributed by atoms with Crippen molar-refractivity contribution in [3.05, 3.63) is 77.6 Å². The van der Waals surface area contributed by atoms with Crippen LogP contribution in [0, 0.1) is 18.6 Å². The molecule has 0 saturated carbocycles. The van der Waals surface area contributed by atoms with E-state index in [0.717, 1.165) is 5.56 Å². The lowest BCUT2D eigenvalue weighted by Crippen LogP contribution is -2.10. The third-order valence-electron chi connectivity index (χ3n) is 4.99. The number of para-hydroxylation sites is 1. The average molecular weight is 454 g/mol. The molecule has 0 aliphatic carbocycles. The van der Waals surface area contributed by atoms with Gasteiger partial charge in [0, 0.05) is 24.0 Å². The maximum absolute atomic E-state index is 14.6. The molecule has 3 aromatic rings. The number of carbonyl (C=O) groups is 1. The number of carbonyl (C=O) groups excluding carboxylic acids is 1. The van der Waals surface area contributed by atoms with Crippen molar-refractivity contribution in [3.63, 3.8) is 0 Å². The number of aromatic nitrogens is 2. The summed E-state index contributed by atoms with van der Waals surface area (Å²) in [7, 11) is 2.61. The van der Waals surface area contributed by atoms with E-state index in [1.54, 1.807) is 18.5 Å². The Bertz CT molecular complexity index is 1140. The van der Waals surface area contributed by atoms with Crippen molar-refractivity contribution in [2.75, 3.05) is 24.9 Å². The summed E-state index contributed by atoms with van der Waals surface area (Å²) in [5.41, 5.74) is 2.64. The Balaban J connectivity index is 1.76. The number of benzene rings is 2. The number of rotatable bonds is 9. The molecule has 0 aliphatic rings. The zero-order valence-electron chi connectivity index (χ0n) is 18.5. The zero-order chi connectivity index (χ0) is 24.0. The fourth-order valence-electron chi connectivity index (χ4n) is 3.21. The number of nitrogens with zero attached hydrogens (tertiary/aromatic N) is 2. The molecule has 0 saturated heterocycles. The summed E-state index contributed by atoms with van der Waals surface area (Å²) in [5.74, 6) is -1.73. The normalized spacial score (nSPS) is 10.5. The second-order valence-electron chi connectivity index (χ2n) is 7.12. The number of hydrogen-bond acceptors (Lipinski definition) is 6. The monoisotopic (exact) mass is 454 g/mol. The molecular formula is C24H24F2N4O3. The van der Waals surface area contributed by atoms with Crippen LogP contribution < -0.4 is 20.1 Å². The van der Waals surface area contributed by atoms with Crippen molar-refractivity contribution in [2.24, 2.45) is 0 Å². The van der Waals surface area contributed by atoms with E-state index in [1.165, 1.54) is 26.4 Å². The second-order valence-corrected chi connectivity index (χ2v) is 7.12. The first-order chi connectivity index (χ1) is 15.9. The molecule has 3 rings (SSSR count). The van der Waals surface area contributed by atoms with Gasteiger partial charge in [0.15, 0.2) is 23.1 Å². The molecule has 1 heterocycles. The summed E-state index contributed by atoms with van der Waals surface area (Å²) in [6.45, 7) is 5.33. The van der Waals surface area contributed by atoms with Crippen molar-refractivity contribution in [1.82, 2.24) is 9.97 Å². The highest BCUT2D eigenvalue weighted by molar-refractivity contribution is 6.01. The Morgan fingerprint density at radius 2 is 1.73 bits per heavy atom. The van der Waals surface area contributed by atoms with Crippen LogP contribution in [-0.4, -0.2) is 30.1 Å². The summed E-state index contributed by atoms with van der Waals surface area (Å²) in [4.78, 5) is 20.3. The van der Waals surface area contributed by atoms with E-state index in [4.69, 9.17) is 9.47 Å². The minimum atomic E-state index is -0.761. The molecule has 0 fully saturated rings. The van der Waals surface area contributed by atoms with Crippen molar-refractivity contribution < 1.29 is 23.0 Å². The predicted molar refractivity (Wildman–Crippen MR) is 122 cm³/mol. The predicted octanol–water partition coefficient (Wildman–Crippen LogP) is 4.73. The smallest absolute Gasteiger partial charge is 0.247 e. The maximum atomic E-state index is 14.6. The van der Waals surface area contributed by atoms with Crippen LogP contribution in [0.3, 0.4) is 0 Å². The number of anilines is 3. The van der Waals surface area contributed by atoms with Gasteiger partial charge in [0.05, 0.1) is 25.6 Å². The first-order valence-electron chi connectivity index (χ1n) is 10.1. The van der Waals surface area contributed by atoms with Gasteiger partial charge in [-0.3, -0.25) is 4.79 Å². The standard InChI is InChI=1S/C24H24F2N4O3/c1-5-20(31)29-17-8-6-7-14(2)23(17)30-24-27-12-15(13-28-24)9-10-16-21(25)18(32-3)11-19(33-4)22(16)26/h5-8,11-13H,1,9-10H2,2-4H3,(H,29,31)(H,27,28,30). The number of aryl methyl sites for hydroxylation is 2. The molecule has 0 bridgehead atoms. The Morgan fingerprint density at radius 3 is 2.30 bits per heavy atom. The van der Waals surface area contributed by atoms with Crippen LogP contribution in [0.4, 0.5) is 26.1 Å².